The van der Waals surface area contributed by atoms with E-state index >= 15 is 0 Å². The third-order valence-electron chi connectivity index (χ3n) is 3.99. The Morgan fingerprint density at radius 3 is 2.57 bits per heavy atom. The molecule has 0 saturated carbocycles. The minimum Gasteiger partial charge on any atom is -0.480 e. The van der Waals surface area contributed by atoms with Gasteiger partial charge >= 0.3 is 5.97 Å². The first-order valence-corrected chi connectivity index (χ1v) is 8.49. The molecule has 1 fully saturated rings. The first-order chi connectivity index (χ1) is 9.80. The Morgan fingerprint density at radius 1 is 1.43 bits per heavy atom. The summed E-state index contributed by atoms with van der Waals surface area (Å²) in [6.07, 6.45) is 4.21. The molecule has 2 heterocycles. The van der Waals surface area contributed by atoms with Crippen LogP contribution in [-0.4, -0.2) is 46.7 Å². The van der Waals surface area contributed by atoms with Crippen LogP contribution < -0.4 is 0 Å². The standard InChI is InChI=1S/C13H21N3O4S/c1-10(2)11-3-5-16(6-4-11)21(19,20)12-7-14-15(8-12)9-13(17)18/h7-8,10-11H,3-6,9H2,1-2H3,(H,17,18). The van der Waals surface area contributed by atoms with Gasteiger partial charge in [-0.05, 0) is 24.7 Å². The highest BCUT2D eigenvalue weighted by atomic mass is 32.2. The fraction of sp³-hybridized carbons (Fsp3) is 0.692. The van der Waals surface area contributed by atoms with Gasteiger partial charge in [0.1, 0.15) is 11.4 Å². The summed E-state index contributed by atoms with van der Waals surface area (Å²) in [7, 11) is -3.57. The molecule has 118 valence electrons. The normalized spacial score (nSPS) is 18.2. The number of carboxylic acids is 1. The number of hydrogen-bond donors (Lipinski definition) is 1. The van der Waals surface area contributed by atoms with Crippen molar-refractivity contribution in [3.63, 3.8) is 0 Å². The predicted octanol–water partition coefficient (Wildman–Crippen LogP) is 1.02. The lowest BCUT2D eigenvalue weighted by Crippen LogP contribution is -2.39. The van der Waals surface area contributed by atoms with Gasteiger partial charge < -0.3 is 5.11 Å². The van der Waals surface area contributed by atoms with E-state index in [4.69, 9.17) is 5.11 Å². The molecule has 0 amide bonds. The van der Waals surface area contributed by atoms with Gasteiger partial charge in [-0.15, -0.1) is 0 Å². The zero-order valence-corrected chi connectivity index (χ0v) is 13.1. The highest BCUT2D eigenvalue weighted by Crippen LogP contribution is 2.27. The van der Waals surface area contributed by atoms with Crippen LogP contribution in [0.4, 0.5) is 0 Å². The van der Waals surface area contributed by atoms with Gasteiger partial charge in [0, 0.05) is 19.3 Å². The largest absolute Gasteiger partial charge is 0.480 e. The molecule has 0 bridgehead atoms. The summed E-state index contributed by atoms with van der Waals surface area (Å²) in [5.41, 5.74) is 0. The van der Waals surface area contributed by atoms with Crippen molar-refractivity contribution in [3.8, 4) is 0 Å². The summed E-state index contributed by atoms with van der Waals surface area (Å²) < 4.78 is 27.6. The lowest BCUT2D eigenvalue weighted by atomic mass is 9.87. The Balaban J connectivity index is 2.08. The number of carbonyl (C=O) groups is 1. The lowest BCUT2D eigenvalue weighted by Gasteiger charge is -2.32. The number of hydrogen-bond acceptors (Lipinski definition) is 4. The molecular weight excluding hydrogens is 294 g/mol. The van der Waals surface area contributed by atoms with Gasteiger partial charge in [-0.3, -0.25) is 9.48 Å². The van der Waals surface area contributed by atoms with Crippen LogP contribution in [0.15, 0.2) is 17.3 Å². The first kappa shape index (κ1) is 16.0. The number of aliphatic carboxylic acids is 1. The van der Waals surface area contributed by atoms with E-state index in [1.807, 2.05) is 0 Å². The monoisotopic (exact) mass is 315 g/mol. The Hall–Kier alpha value is -1.41. The zero-order valence-electron chi connectivity index (χ0n) is 12.3. The van der Waals surface area contributed by atoms with E-state index in [9.17, 15) is 13.2 Å². The molecule has 0 aliphatic carbocycles. The molecular formula is C13H21N3O4S. The molecule has 7 nitrogen and oxygen atoms in total. The van der Waals surface area contributed by atoms with Crippen LogP contribution in [-0.2, 0) is 21.4 Å². The minimum atomic E-state index is -3.57. The maximum atomic E-state index is 12.5. The molecule has 8 heteroatoms. The number of sulfonamides is 1. The highest BCUT2D eigenvalue weighted by molar-refractivity contribution is 7.89. The third-order valence-corrected chi connectivity index (χ3v) is 5.84. The second kappa shape index (κ2) is 6.15. The van der Waals surface area contributed by atoms with Crippen molar-refractivity contribution in [2.75, 3.05) is 13.1 Å². The zero-order chi connectivity index (χ0) is 15.6. The van der Waals surface area contributed by atoms with Crippen LogP contribution in [0.3, 0.4) is 0 Å². The molecule has 1 N–H and O–H groups in total. The summed E-state index contributed by atoms with van der Waals surface area (Å²) >= 11 is 0. The molecule has 0 atom stereocenters. The second-order valence-electron chi connectivity index (χ2n) is 5.75. The first-order valence-electron chi connectivity index (χ1n) is 7.05. The van der Waals surface area contributed by atoms with Crippen LogP contribution in [0.2, 0.25) is 0 Å². The third kappa shape index (κ3) is 3.62. The maximum Gasteiger partial charge on any atom is 0.325 e. The second-order valence-corrected chi connectivity index (χ2v) is 7.69. The van der Waals surface area contributed by atoms with Gasteiger partial charge in [0.05, 0.1) is 6.20 Å². The van der Waals surface area contributed by atoms with Crippen LogP contribution in [0, 0.1) is 11.8 Å². The van der Waals surface area contributed by atoms with E-state index in [-0.39, 0.29) is 11.4 Å². The van der Waals surface area contributed by atoms with E-state index in [0.29, 0.717) is 24.9 Å². The summed E-state index contributed by atoms with van der Waals surface area (Å²) in [6, 6.07) is 0. The summed E-state index contributed by atoms with van der Waals surface area (Å²) in [4.78, 5) is 10.7. The number of nitrogens with zero attached hydrogens (tertiary/aromatic N) is 3. The number of rotatable bonds is 5. The quantitative estimate of drug-likeness (QED) is 0.876. The van der Waals surface area contributed by atoms with Crippen molar-refractivity contribution in [2.24, 2.45) is 11.8 Å². The number of piperidine rings is 1. The minimum absolute atomic E-state index is 0.0618. The van der Waals surface area contributed by atoms with Gasteiger partial charge in [-0.2, -0.15) is 9.40 Å². The molecule has 21 heavy (non-hydrogen) atoms. The highest BCUT2D eigenvalue weighted by Gasteiger charge is 2.31. The molecule has 1 aliphatic rings. The molecule has 1 aromatic rings. The Labute approximate surface area is 124 Å². The smallest absolute Gasteiger partial charge is 0.325 e. The predicted molar refractivity (Wildman–Crippen MR) is 76.2 cm³/mol. The van der Waals surface area contributed by atoms with E-state index in [1.165, 1.54) is 16.7 Å². The topological polar surface area (TPSA) is 92.5 Å². The van der Waals surface area contributed by atoms with Crippen LogP contribution in [0.25, 0.3) is 0 Å². The molecule has 0 radical (unpaired) electrons. The van der Waals surface area contributed by atoms with E-state index in [2.05, 4.69) is 18.9 Å². The van der Waals surface area contributed by atoms with Gasteiger partial charge in [-0.1, -0.05) is 13.8 Å². The van der Waals surface area contributed by atoms with Gasteiger partial charge in [0.2, 0.25) is 10.0 Å². The Morgan fingerprint density at radius 2 is 2.05 bits per heavy atom. The number of carboxylic acid groups (broad SMARTS) is 1. The van der Waals surface area contributed by atoms with E-state index in [1.54, 1.807) is 0 Å². The fourth-order valence-corrected chi connectivity index (χ4v) is 4.06. The van der Waals surface area contributed by atoms with Crippen molar-refractivity contribution in [1.82, 2.24) is 14.1 Å². The Bertz CT molecular complexity index is 601. The van der Waals surface area contributed by atoms with Crippen molar-refractivity contribution < 1.29 is 18.3 Å². The van der Waals surface area contributed by atoms with Crippen molar-refractivity contribution in [2.45, 2.75) is 38.1 Å². The molecule has 0 spiro atoms. The molecule has 0 aromatic carbocycles. The maximum absolute atomic E-state index is 12.5. The van der Waals surface area contributed by atoms with Crippen molar-refractivity contribution >= 4 is 16.0 Å². The van der Waals surface area contributed by atoms with Gasteiger partial charge in [0.25, 0.3) is 0 Å². The summed E-state index contributed by atoms with van der Waals surface area (Å²) in [6.45, 7) is 4.99. The summed E-state index contributed by atoms with van der Waals surface area (Å²) in [5.74, 6) is 0.0687. The van der Waals surface area contributed by atoms with E-state index in [0.717, 1.165) is 17.5 Å². The fourth-order valence-electron chi connectivity index (χ4n) is 2.63. The number of aromatic nitrogens is 2. The van der Waals surface area contributed by atoms with Crippen molar-refractivity contribution in [1.29, 1.82) is 0 Å². The van der Waals surface area contributed by atoms with Gasteiger partial charge in [0.15, 0.2) is 0 Å². The SMILES string of the molecule is CC(C)C1CCN(S(=O)(=O)c2cnn(CC(=O)O)c2)CC1. The summed E-state index contributed by atoms with van der Waals surface area (Å²) in [5, 5.41) is 12.5. The molecule has 2 rings (SSSR count). The molecule has 0 unspecified atom stereocenters. The van der Waals surface area contributed by atoms with Crippen LogP contribution in [0.5, 0.6) is 0 Å². The van der Waals surface area contributed by atoms with Crippen LogP contribution in [0.1, 0.15) is 26.7 Å². The molecule has 1 aromatic heterocycles. The van der Waals surface area contributed by atoms with E-state index < -0.39 is 16.0 Å². The average Bonchev–Trinajstić information content (AvgIpc) is 2.87. The van der Waals surface area contributed by atoms with Crippen LogP contribution >= 0.6 is 0 Å². The average molecular weight is 315 g/mol. The molecule has 1 aliphatic heterocycles. The van der Waals surface area contributed by atoms with Gasteiger partial charge in [-0.25, -0.2) is 8.42 Å². The lowest BCUT2D eigenvalue weighted by molar-refractivity contribution is -0.137. The van der Waals surface area contributed by atoms with Crippen molar-refractivity contribution in [3.05, 3.63) is 12.4 Å². The Kier molecular flexibility index (Phi) is 4.67. The molecule has 1 saturated heterocycles.